The number of carbonyl (C=O) groups excluding carboxylic acids is 3. The van der Waals surface area contributed by atoms with Gasteiger partial charge in [0.1, 0.15) is 13.2 Å². The highest BCUT2D eigenvalue weighted by molar-refractivity contribution is 5.70. The van der Waals surface area contributed by atoms with Crippen LogP contribution in [0.1, 0.15) is 341 Å². The lowest BCUT2D eigenvalue weighted by Crippen LogP contribution is -2.44. The first-order valence-corrected chi connectivity index (χ1v) is 36.6. The highest BCUT2D eigenvalue weighted by atomic mass is 16.7. The lowest BCUT2D eigenvalue weighted by Gasteiger charge is -2.26. The molecule has 0 aliphatic carbocycles. The summed E-state index contributed by atoms with van der Waals surface area (Å²) >= 11 is 0. The van der Waals surface area contributed by atoms with Crippen molar-refractivity contribution in [2.75, 3.05) is 47.5 Å². The van der Waals surface area contributed by atoms with Crippen LogP contribution in [0.5, 0.6) is 0 Å². The maximum atomic E-state index is 12.9. The molecule has 9 heteroatoms. The van der Waals surface area contributed by atoms with Gasteiger partial charge in [-0.25, -0.2) is 0 Å². The minimum Gasteiger partial charge on any atom is -0.545 e. The number of hydrogen-bond donors (Lipinski definition) is 0. The van der Waals surface area contributed by atoms with Gasteiger partial charge < -0.3 is 33.3 Å². The predicted molar refractivity (Wildman–Crippen MR) is 366 cm³/mol. The molecule has 2 unspecified atom stereocenters. The maximum Gasteiger partial charge on any atom is 0.306 e. The Morgan fingerprint density at radius 3 is 0.988 bits per heavy atom. The molecule has 0 radical (unpaired) electrons. The summed E-state index contributed by atoms with van der Waals surface area (Å²) in [7, 11) is 5.92. The summed E-state index contributed by atoms with van der Waals surface area (Å²) in [5.41, 5.74) is 0. The SMILES string of the molecule is CC/C=C\C/C=C\C/C=C\C/C=C\C/C=C\C/C=C\CCCCC(=O)OC(COC(=O)CCCCCCCCCCCCCCCCCCCCCCCCCCCCCCCCCCCCCCCCCC)COC(OCC[N+](C)(C)C)C(=O)[O-]. The second kappa shape index (κ2) is 67.7. The van der Waals surface area contributed by atoms with Gasteiger partial charge in [0.05, 0.1) is 40.3 Å². The van der Waals surface area contributed by atoms with E-state index in [9.17, 15) is 19.5 Å². The van der Waals surface area contributed by atoms with E-state index >= 15 is 0 Å². The van der Waals surface area contributed by atoms with E-state index in [1.54, 1.807) is 0 Å². The Morgan fingerprint density at radius 1 is 0.360 bits per heavy atom. The number of unbranched alkanes of at least 4 members (excludes halogenated alkanes) is 41. The first-order chi connectivity index (χ1) is 42.1. The van der Waals surface area contributed by atoms with Gasteiger partial charge in [0, 0.05) is 12.8 Å². The van der Waals surface area contributed by atoms with Crippen molar-refractivity contribution in [3.05, 3.63) is 72.9 Å². The zero-order valence-electron chi connectivity index (χ0n) is 57.2. The first kappa shape index (κ1) is 82.7. The molecule has 9 nitrogen and oxygen atoms in total. The van der Waals surface area contributed by atoms with Crippen molar-refractivity contribution in [3.8, 4) is 0 Å². The molecule has 0 bridgehead atoms. The van der Waals surface area contributed by atoms with E-state index in [-0.39, 0.29) is 38.6 Å². The van der Waals surface area contributed by atoms with E-state index in [0.29, 0.717) is 17.4 Å². The summed E-state index contributed by atoms with van der Waals surface area (Å²) in [5, 5.41) is 11.8. The number of quaternary nitrogens is 1. The topological polar surface area (TPSA) is 111 Å². The van der Waals surface area contributed by atoms with Crippen LogP contribution in [0.2, 0.25) is 0 Å². The van der Waals surface area contributed by atoms with Gasteiger partial charge in [-0.3, -0.25) is 9.59 Å². The summed E-state index contributed by atoms with van der Waals surface area (Å²) in [6, 6.07) is 0. The fourth-order valence-electron chi connectivity index (χ4n) is 10.7. The minimum absolute atomic E-state index is 0.137. The van der Waals surface area contributed by atoms with Crippen molar-refractivity contribution in [1.29, 1.82) is 0 Å². The van der Waals surface area contributed by atoms with Gasteiger partial charge in [-0.15, -0.1) is 0 Å². The van der Waals surface area contributed by atoms with Crippen LogP contribution in [-0.4, -0.2) is 82.3 Å². The molecule has 0 aromatic rings. The highest BCUT2D eigenvalue weighted by Crippen LogP contribution is 2.19. The van der Waals surface area contributed by atoms with Crippen LogP contribution in [0.25, 0.3) is 0 Å². The molecule has 86 heavy (non-hydrogen) atoms. The smallest absolute Gasteiger partial charge is 0.306 e. The molecular formula is C77H139NO8. The van der Waals surface area contributed by atoms with Crippen LogP contribution in [0.4, 0.5) is 0 Å². The molecule has 0 rings (SSSR count). The Labute approximate surface area is 532 Å². The molecule has 0 aromatic heterocycles. The van der Waals surface area contributed by atoms with Crippen molar-refractivity contribution in [1.82, 2.24) is 0 Å². The largest absolute Gasteiger partial charge is 0.545 e. The lowest BCUT2D eigenvalue weighted by atomic mass is 10.0. The third-order valence-electron chi connectivity index (χ3n) is 16.2. The number of likely N-dealkylation sites (N-methyl/N-ethyl adjacent to an activating group) is 1. The zero-order chi connectivity index (χ0) is 62.6. The summed E-state index contributed by atoms with van der Waals surface area (Å²) in [6.45, 7) is 4.62. The van der Waals surface area contributed by atoms with Gasteiger partial charge in [0.15, 0.2) is 12.4 Å². The quantitative estimate of drug-likeness (QED) is 0.0195. The van der Waals surface area contributed by atoms with Crippen LogP contribution in [0.3, 0.4) is 0 Å². The molecule has 0 spiro atoms. The third kappa shape index (κ3) is 68.2. The van der Waals surface area contributed by atoms with Crippen molar-refractivity contribution in [2.24, 2.45) is 0 Å². The molecule has 2 atom stereocenters. The van der Waals surface area contributed by atoms with Crippen molar-refractivity contribution >= 4 is 17.9 Å². The van der Waals surface area contributed by atoms with E-state index in [2.05, 4.69) is 86.8 Å². The summed E-state index contributed by atoms with van der Waals surface area (Å²) in [5.74, 6) is -2.33. The molecular weight excluding hydrogens is 1070 g/mol. The number of allylic oxidation sites excluding steroid dienone is 12. The zero-order valence-corrected chi connectivity index (χ0v) is 57.2. The average molecular weight is 1210 g/mol. The van der Waals surface area contributed by atoms with E-state index in [0.717, 1.165) is 70.6 Å². The molecule has 0 fully saturated rings. The Bertz CT molecular complexity index is 1640. The van der Waals surface area contributed by atoms with E-state index in [1.165, 1.54) is 238 Å². The standard InChI is InChI=1S/C77H139NO8/c1-6-8-10-12-14-16-18-20-22-24-26-28-29-30-31-32-33-34-35-36-37-38-39-40-41-42-43-44-45-46-48-49-51-53-55-57-59-61-63-65-67-74(79)84-71-73(72-85-77(76(81)82)83-70-69-78(3,4)5)86-75(80)68-66-64-62-60-58-56-54-52-50-47-27-25-23-21-19-17-15-13-11-9-7-2/h9,11,15,17,21,23,27,47,52,54,58,60,73,77H,6-8,10,12-14,16,18-20,22,24-26,28-46,48-51,53,55-57,59,61-72H2,1-5H3/b11-9-,17-15-,23-21-,47-27-,54-52-,60-58-. The molecule has 0 saturated heterocycles. The summed E-state index contributed by atoms with van der Waals surface area (Å²) in [4.78, 5) is 37.4. The number of hydrogen-bond acceptors (Lipinski definition) is 8. The van der Waals surface area contributed by atoms with E-state index < -0.39 is 24.3 Å². The van der Waals surface area contributed by atoms with Gasteiger partial charge in [0.25, 0.3) is 0 Å². The number of aliphatic carboxylic acids is 1. The van der Waals surface area contributed by atoms with Crippen molar-refractivity contribution in [3.63, 3.8) is 0 Å². The van der Waals surface area contributed by atoms with Crippen LogP contribution >= 0.6 is 0 Å². The third-order valence-corrected chi connectivity index (χ3v) is 16.2. The minimum atomic E-state index is -1.64. The second-order valence-electron chi connectivity index (χ2n) is 25.9. The van der Waals surface area contributed by atoms with Gasteiger partial charge in [0.2, 0.25) is 0 Å². The number of carboxylic acids is 1. The van der Waals surface area contributed by atoms with Crippen LogP contribution in [-0.2, 0) is 33.3 Å². The number of rotatable bonds is 68. The fourth-order valence-corrected chi connectivity index (χ4v) is 10.7. The molecule has 0 heterocycles. The van der Waals surface area contributed by atoms with E-state index in [1.807, 2.05) is 21.1 Å². The summed E-state index contributed by atoms with van der Waals surface area (Å²) < 4.78 is 22.7. The molecule has 0 amide bonds. The van der Waals surface area contributed by atoms with E-state index in [4.69, 9.17) is 18.9 Å². The number of ether oxygens (including phenoxy) is 4. The Hall–Kier alpha value is -3.27. The average Bonchev–Trinajstić information content (AvgIpc) is 3.64. The number of nitrogens with zero attached hydrogens (tertiary/aromatic N) is 1. The van der Waals surface area contributed by atoms with Crippen LogP contribution in [0.15, 0.2) is 72.9 Å². The van der Waals surface area contributed by atoms with Crippen LogP contribution in [0, 0.1) is 0 Å². The van der Waals surface area contributed by atoms with Gasteiger partial charge in [-0.2, -0.15) is 0 Å². The monoisotopic (exact) mass is 1210 g/mol. The number of carbonyl (C=O) groups is 3. The lowest BCUT2D eigenvalue weighted by molar-refractivity contribution is -0.870. The Morgan fingerprint density at radius 2 is 0.663 bits per heavy atom. The van der Waals surface area contributed by atoms with Crippen molar-refractivity contribution < 1.29 is 42.9 Å². The molecule has 0 aliphatic rings. The Balaban J connectivity index is 3.98. The fraction of sp³-hybridized carbons (Fsp3) is 0.805. The van der Waals surface area contributed by atoms with Crippen LogP contribution < -0.4 is 5.11 Å². The number of carboxylic acid groups (broad SMARTS) is 1. The number of esters is 2. The molecule has 500 valence electrons. The maximum absolute atomic E-state index is 12.9. The highest BCUT2D eigenvalue weighted by Gasteiger charge is 2.22. The van der Waals surface area contributed by atoms with Gasteiger partial charge in [-0.05, 0) is 64.2 Å². The normalized spacial score (nSPS) is 13.1. The van der Waals surface area contributed by atoms with Gasteiger partial charge >= 0.3 is 11.9 Å². The Kier molecular flexibility index (Phi) is 65.1. The summed E-state index contributed by atoms with van der Waals surface area (Å²) in [6.07, 6.45) is 87.5. The predicted octanol–water partition coefficient (Wildman–Crippen LogP) is 21.5. The molecule has 0 N–H and O–H groups in total. The molecule has 0 saturated carbocycles. The molecule has 0 aliphatic heterocycles. The van der Waals surface area contributed by atoms with Gasteiger partial charge in [-0.1, -0.05) is 337 Å². The second-order valence-corrected chi connectivity index (χ2v) is 25.9. The van der Waals surface area contributed by atoms with Crippen molar-refractivity contribution in [2.45, 2.75) is 354 Å². The first-order valence-electron chi connectivity index (χ1n) is 36.6. The molecule has 0 aromatic carbocycles.